The fourth-order valence-corrected chi connectivity index (χ4v) is 4.49. The van der Waals surface area contributed by atoms with Gasteiger partial charge in [0, 0.05) is 0 Å². The topological polar surface area (TPSA) is 69.9 Å². The van der Waals surface area contributed by atoms with E-state index in [1.165, 1.54) is 11.1 Å². The zero-order valence-electron chi connectivity index (χ0n) is 20.1. The van der Waals surface area contributed by atoms with E-state index in [1.807, 2.05) is 0 Å². The van der Waals surface area contributed by atoms with Crippen LogP contribution in [0.4, 0.5) is 0 Å². The third kappa shape index (κ3) is 5.14. The van der Waals surface area contributed by atoms with Crippen molar-refractivity contribution < 1.29 is 20.1 Å². The van der Waals surface area contributed by atoms with E-state index < -0.39 is 11.5 Å². The van der Waals surface area contributed by atoms with E-state index in [0.717, 1.165) is 59.3 Å². The summed E-state index contributed by atoms with van der Waals surface area (Å²) in [4.78, 5) is 0. The molecule has 2 aromatic carbocycles. The predicted octanol–water partition coefficient (Wildman–Crippen LogP) is 4.64. The fourth-order valence-electron chi connectivity index (χ4n) is 4.49. The van der Waals surface area contributed by atoms with E-state index in [2.05, 4.69) is 65.8 Å². The summed E-state index contributed by atoms with van der Waals surface area (Å²) in [5, 5.41) is 31.1. The molecule has 4 heteroatoms. The van der Waals surface area contributed by atoms with E-state index in [4.69, 9.17) is 4.74 Å². The lowest BCUT2D eigenvalue weighted by atomic mass is 9.76. The maximum atomic E-state index is 10.4. The second kappa shape index (κ2) is 11.1. The van der Waals surface area contributed by atoms with Crippen molar-refractivity contribution in [2.24, 2.45) is 5.41 Å². The molecule has 4 nitrogen and oxygen atoms in total. The first-order valence-corrected chi connectivity index (χ1v) is 11.6. The van der Waals surface area contributed by atoms with Gasteiger partial charge >= 0.3 is 0 Å². The van der Waals surface area contributed by atoms with Crippen LogP contribution in [0.15, 0.2) is 24.3 Å². The summed E-state index contributed by atoms with van der Waals surface area (Å²) in [5.74, 6) is 0.810. The van der Waals surface area contributed by atoms with Crippen LogP contribution in [0.2, 0.25) is 0 Å². The Labute approximate surface area is 187 Å². The monoisotopic (exact) mass is 428 g/mol. The minimum atomic E-state index is -1.20. The molecule has 2 rings (SSSR count). The molecule has 2 aromatic rings. The van der Waals surface area contributed by atoms with Crippen LogP contribution in [-0.2, 0) is 25.7 Å². The molecule has 0 fully saturated rings. The third-order valence-electron chi connectivity index (χ3n) is 6.41. The van der Waals surface area contributed by atoms with Gasteiger partial charge in [-0.1, -0.05) is 63.1 Å². The van der Waals surface area contributed by atoms with Gasteiger partial charge in [-0.25, -0.2) is 0 Å². The minimum absolute atomic E-state index is 0.375. The molecular weight excluding hydrogens is 388 g/mol. The van der Waals surface area contributed by atoms with E-state index >= 15 is 0 Å². The van der Waals surface area contributed by atoms with Crippen molar-refractivity contribution in [3.05, 3.63) is 63.2 Å². The zero-order chi connectivity index (χ0) is 23.2. The summed E-state index contributed by atoms with van der Waals surface area (Å²) in [5.41, 5.74) is 6.61. The molecule has 172 valence electrons. The number of benzene rings is 2. The van der Waals surface area contributed by atoms with Crippen molar-refractivity contribution in [2.45, 2.75) is 73.3 Å². The van der Waals surface area contributed by atoms with Crippen LogP contribution < -0.4 is 4.74 Å². The molecule has 0 saturated carbocycles. The SMILES string of the molecule is CCc1cc(C)cc(CC)c1OC(c1c(CC)cc(C)cc1CC)C(CO)(CO)CO. The Balaban J connectivity index is 2.83. The lowest BCUT2D eigenvalue weighted by Crippen LogP contribution is -2.43. The number of aryl methyl sites for hydroxylation is 6. The van der Waals surface area contributed by atoms with Gasteiger partial charge in [-0.3, -0.25) is 0 Å². The van der Waals surface area contributed by atoms with E-state index in [1.54, 1.807) is 0 Å². The average Bonchev–Trinajstić information content (AvgIpc) is 2.79. The Morgan fingerprint density at radius 2 is 1.03 bits per heavy atom. The molecule has 0 heterocycles. The Kier molecular flexibility index (Phi) is 9.11. The predicted molar refractivity (Wildman–Crippen MR) is 127 cm³/mol. The van der Waals surface area contributed by atoms with Gasteiger partial charge in [0.1, 0.15) is 11.9 Å². The summed E-state index contributed by atoms with van der Waals surface area (Å²) in [6.07, 6.45) is 2.57. The van der Waals surface area contributed by atoms with Crippen molar-refractivity contribution in [3.8, 4) is 5.75 Å². The van der Waals surface area contributed by atoms with Crippen LogP contribution >= 0.6 is 0 Å². The van der Waals surface area contributed by atoms with Gasteiger partial charge in [0.2, 0.25) is 0 Å². The van der Waals surface area contributed by atoms with Crippen LogP contribution in [0.1, 0.15) is 72.7 Å². The number of aliphatic hydroxyl groups excluding tert-OH is 3. The van der Waals surface area contributed by atoms with Gasteiger partial charge in [-0.15, -0.1) is 0 Å². The lowest BCUT2D eigenvalue weighted by Gasteiger charge is -2.39. The second-order valence-corrected chi connectivity index (χ2v) is 8.66. The lowest BCUT2D eigenvalue weighted by molar-refractivity contribution is -0.0752. The summed E-state index contributed by atoms with van der Waals surface area (Å²) < 4.78 is 6.78. The van der Waals surface area contributed by atoms with Gasteiger partial charge in [0.25, 0.3) is 0 Å². The quantitative estimate of drug-likeness (QED) is 0.488. The molecule has 0 aliphatic rings. The molecule has 31 heavy (non-hydrogen) atoms. The number of hydrogen-bond donors (Lipinski definition) is 3. The van der Waals surface area contributed by atoms with E-state index in [9.17, 15) is 15.3 Å². The van der Waals surface area contributed by atoms with Crippen LogP contribution in [0, 0.1) is 19.3 Å². The molecule has 0 amide bonds. The van der Waals surface area contributed by atoms with Gasteiger partial charge in [-0.2, -0.15) is 0 Å². The highest BCUT2D eigenvalue weighted by Crippen LogP contribution is 2.43. The molecular formula is C27H40O4. The standard InChI is InChI=1S/C27H40O4/c1-7-20-11-18(5)12-21(8-2)24(20)26(27(15-28,16-29)17-30)31-25-22(9-3)13-19(6)14-23(25)10-4/h11-14,26,28-30H,7-10,15-17H2,1-6H3. The maximum absolute atomic E-state index is 10.4. The van der Waals surface area contributed by atoms with Crippen LogP contribution in [0.3, 0.4) is 0 Å². The number of aliphatic hydroxyl groups is 3. The Hall–Kier alpha value is -1.88. The average molecular weight is 429 g/mol. The van der Waals surface area contributed by atoms with Crippen molar-refractivity contribution in [1.82, 2.24) is 0 Å². The minimum Gasteiger partial charge on any atom is -0.484 e. The Bertz CT molecular complexity index is 809. The number of hydrogen-bond acceptors (Lipinski definition) is 4. The molecule has 0 bridgehead atoms. The fraction of sp³-hybridized carbons (Fsp3) is 0.556. The van der Waals surface area contributed by atoms with Crippen LogP contribution in [-0.4, -0.2) is 35.1 Å². The number of ether oxygens (including phenoxy) is 1. The maximum Gasteiger partial charge on any atom is 0.136 e. The molecule has 0 spiro atoms. The molecule has 3 N–H and O–H groups in total. The molecule has 0 aromatic heterocycles. The summed E-state index contributed by atoms with van der Waals surface area (Å²) >= 11 is 0. The zero-order valence-corrected chi connectivity index (χ0v) is 20.1. The molecule has 1 unspecified atom stereocenters. The highest BCUT2D eigenvalue weighted by Gasteiger charge is 2.43. The first-order chi connectivity index (χ1) is 14.8. The van der Waals surface area contributed by atoms with E-state index in [-0.39, 0.29) is 19.8 Å². The van der Waals surface area contributed by atoms with Crippen LogP contribution in [0.5, 0.6) is 5.75 Å². The third-order valence-corrected chi connectivity index (χ3v) is 6.41. The Morgan fingerprint density at radius 3 is 1.35 bits per heavy atom. The summed E-state index contributed by atoms with van der Waals surface area (Å²) in [6, 6.07) is 8.58. The first kappa shape index (κ1) is 25.4. The summed E-state index contributed by atoms with van der Waals surface area (Å²) in [7, 11) is 0. The largest absolute Gasteiger partial charge is 0.484 e. The van der Waals surface area contributed by atoms with Crippen molar-refractivity contribution in [3.63, 3.8) is 0 Å². The molecule has 0 aliphatic carbocycles. The number of rotatable bonds is 11. The normalized spacial score (nSPS) is 12.8. The van der Waals surface area contributed by atoms with Crippen molar-refractivity contribution in [1.29, 1.82) is 0 Å². The second-order valence-electron chi connectivity index (χ2n) is 8.66. The van der Waals surface area contributed by atoms with Crippen LogP contribution in [0.25, 0.3) is 0 Å². The van der Waals surface area contributed by atoms with Gasteiger partial charge in [0.05, 0.1) is 25.2 Å². The molecule has 0 radical (unpaired) electrons. The molecule has 1 atom stereocenters. The summed E-state index contributed by atoms with van der Waals surface area (Å²) in [6.45, 7) is 11.5. The highest BCUT2D eigenvalue weighted by atomic mass is 16.5. The van der Waals surface area contributed by atoms with Gasteiger partial charge < -0.3 is 20.1 Å². The van der Waals surface area contributed by atoms with Gasteiger partial charge in [-0.05, 0) is 67.3 Å². The first-order valence-electron chi connectivity index (χ1n) is 11.6. The van der Waals surface area contributed by atoms with Crippen molar-refractivity contribution >= 4 is 0 Å². The van der Waals surface area contributed by atoms with Gasteiger partial charge in [0.15, 0.2) is 0 Å². The molecule has 0 aliphatic heterocycles. The van der Waals surface area contributed by atoms with E-state index in [0.29, 0.717) is 0 Å². The van der Waals surface area contributed by atoms with Crippen molar-refractivity contribution in [2.75, 3.05) is 19.8 Å². The molecule has 0 saturated heterocycles. The highest BCUT2D eigenvalue weighted by molar-refractivity contribution is 5.47. The smallest absolute Gasteiger partial charge is 0.136 e. The Morgan fingerprint density at radius 1 is 0.677 bits per heavy atom.